The predicted octanol–water partition coefficient (Wildman–Crippen LogP) is 3.01. The number of carbonyl (C=O) groups is 1. The number of hydrogen-bond acceptors (Lipinski definition) is 3. The largest absolute Gasteiger partial charge is 0.493 e. The molecule has 0 spiro atoms. The second kappa shape index (κ2) is 7.29. The van der Waals surface area contributed by atoms with Crippen molar-refractivity contribution in [2.75, 3.05) is 19.8 Å². The molecule has 3 heteroatoms. The molecule has 1 heterocycles. The van der Waals surface area contributed by atoms with Crippen LogP contribution in [0, 0.1) is 5.92 Å². The van der Waals surface area contributed by atoms with Crippen LogP contribution in [-0.2, 0) is 16.0 Å². The Labute approximate surface area is 114 Å². The van der Waals surface area contributed by atoms with Crippen LogP contribution in [-0.4, -0.2) is 25.6 Å². The molecule has 0 amide bonds. The predicted molar refractivity (Wildman–Crippen MR) is 74.5 cm³/mol. The number of aryl methyl sites for hydroxylation is 1. The Balaban J connectivity index is 1.76. The maximum atomic E-state index is 10.9. The number of ether oxygens (including phenoxy) is 2. The van der Waals surface area contributed by atoms with Crippen molar-refractivity contribution in [2.45, 2.75) is 32.6 Å². The van der Waals surface area contributed by atoms with E-state index in [2.05, 4.69) is 0 Å². The van der Waals surface area contributed by atoms with Crippen LogP contribution in [0.5, 0.6) is 5.75 Å². The summed E-state index contributed by atoms with van der Waals surface area (Å²) in [5, 5.41) is 0. The van der Waals surface area contributed by atoms with Gasteiger partial charge in [-0.05, 0) is 49.8 Å². The summed E-state index contributed by atoms with van der Waals surface area (Å²) in [4.78, 5) is 10.9. The number of benzene rings is 1. The molecule has 2 rings (SSSR count). The molecule has 0 atom stereocenters. The zero-order valence-electron chi connectivity index (χ0n) is 11.6. The molecule has 1 aromatic rings. The average molecular weight is 262 g/mol. The summed E-state index contributed by atoms with van der Waals surface area (Å²) in [6, 6.07) is 8.08. The van der Waals surface area contributed by atoms with Crippen molar-refractivity contribution in [3.05, 3.63) is 29.8 Å². The minimum absolute atomic E-state index is 0.236. The molecule has 1 aromatic carbocycles. The Kier molecular flexibility index (Phi) is 5.40. The Morgan fingerprint density at radius 1 is 1.26 bits per heavy atom. The molecular weight excluding hydrogens is 240 g/mol. The molecule has 0 N–H and O–H groups in total. The summed E-state index contributed by atoms with van der Waals surface area (Å²) in [6.07, 6.45) is 3.62. The zero-order chi connectivity index (χ0) is 13.5. The molecule has 0 saturated carbocycles. The first-order valence-corrected chi connectivity index (χ1v) is 7.03. The number of ketones is 1. The van der Waals surface area contributed by atoms with Gasteiger partial charge < -0.3 is 14.3 Å². The Bertz CT molecular complexity index is 391. The third-order valence-corrected chi connectivity index (χ3v) is 3.52. The summed E-state index contributed by atoms with van der Waals surface area (Å²) in [5.74, 6) is 1.77. The summed E-state index contributed by atoms with van der Waals surface area (Å²) < 4.78 is 11.1. The van der Waals surface area contributed by atoms with Gasteiger partial charge in [-0.15, -0.1) is 0 Å². The number of rotatable bonds is 6. The lowest BCUT2D eigenvalue weighted by molar-refractivity contribution is -0.116. The molecule has 0 unspecified atom stereocenters. The van der Waals surface area contributed by atoms with Crippen molar-refractivity contribution in [3.8, 4) is 5.75 Å². The Morgan fingerprint density at radius 3 is 2.58 bits per heavy atom. The van der Waals surface area contributed by atoms with E-state index in [1.165, 1.54) is 5.56 Å². The molecule has 19 heavy (non-hydrogen) atoms. The van der Waals surface area contributed by atoms with Gasteiger partial charge in [0.2, 0.25) is 0 Å². The van der Waals surface area contributed by atoms with Gasteiger partial charge in [0.25, 0.3) is 0 Å². The standard InChI is InChI=1S/C16H22O3/c1-13(17)2-3-14-4-6-16(7-5-14)19-12-15-8-10-18-11-9-15/h4-7,15H,2-3,8-12H2,1H3. The highest BCUT2D eigenvalue weighted by Gasteiger charge is 2.14. The molecule has 0 radical (unpaired) electrons. The molecule has 1 aliphatic heterocycles. The van der Waals surface area contributed by atoms with Crippen LogP contribution in [0.1, 0.15) is 31.7 Å². The first kappa shape index (κ1) is 14.1. The highest BCUT2D eigenvalue weighted by molar-refractivity contribution is 5.75. The Hall–Kier alpha value is -1.35. The molecule has 0 aliphatic carbocycles. The molecule has 1 aliphatic rings. The number of carbonyl (C=O) groups excluding carboxylic acids is 1. The molecule has 0 aromatic heterocycles. The quantitative estimate of drug-likeness (QED) is 0.790. The van der Waals surface area contributed by atoms with Crippen LogP contribution in [0.3, 0.4) is 0 Å². The zero-order valence-corrected chi connectivity index (χ0v) is 11.6. The van der Waals surface area contributed by atoms with Crippen LogP contribution in [0.2, 0.25) is 0 Å². The normalized spacial score (nSPS) is 16.3. The Morgan fingerprint density at radius 2 is 1.95 bits per heavy atom. The summed E-state index contributed by atoms with van der Waals surface area (Å²) in [5.41, 5.74) is 1.19. The highest BCUT2D eigenvalue weighted by Crippen LogP contribution is 2.18. The van der Waals surface area contributed by atoms with E-state index in [0.717, 1.165) is 44.8 Å². The minimum atomic E-state index is 0.236. The maximum Gasteiger partial charge on any atom is 0.130 e. The first-order chi connectivity index (χ1) is 9.24. The van der Waals surface area contributed by atoms with Crippen molar-refractivity contribution in [3.63, 3.8) is 0 Å². The van der Waals surface area contributed by atoms with E-state index in [0.29, 0.717) is 12.3 Å². The van der Waals surface area contributed by atoms with Gasteiger partial charge in [-0.2, -0.15) is 0 Å². The van der Waals surface area contributed by atoms with Gasteiger partial charge in [0.05, 0.1) is 6.61 Å². The lowest BCUT2D eigenvalue weighted by Gasteiger charge is -2.22. The van der Waals surface area contributed by atoms with E-state index >= 15 is 0 Å². The highest BCUT2D eigenvalue weighted by atomic mass is 16.5. The third kappa shape index (κ3) is 5.03. The van der Waals surface area contributed by atoms with Crippen LogP contribution in [0.15, 0.2) is 24.3 Å². The molecule has 3 nitrogen and oxygen atoms in total. The van der Waals surface area contributed by atoms with Crippen molar-refractivity contribution >= 4 is 5.78 Å². The molecule has 1 saturated heterocycles. The first-order valence-electron chi connectivity index (χ1n) is 7.03. The van der Waals surface area contributed by atoms with E-state index < -0.39 is 0 Å². The summed E-state index contributed by atoms with van der Waals surface area (Å²) in [6.45, 7) is 4.12. The van der Waals surface area contributed by atoms with Gasteiger partial charge in [0, 0.05) is 19.6 Å². The van der Waals surface area contributed by atoms with Crippen LogP contribution in [0.4, 0.5) is 0 Å². The van der Waals surface area contributed by atoms with Gasteiger partial charge in [0.15, 0.2) is 0 Å². The summed E-state index contributed by atoms with van der Waals surface area (Å²) >= 11 is 0. The van der Waals surface area contributed by atoms with Crippen molar-refractivity contribution in [1.29, 1.82) is 0 Å². The average Bonchev–Trinajstić information content (AvgIpc) is 2.45. The van der Waals surface area contributed by atoms with E-state index in [1.54, 1.807) is 6.92 Å². The van der Waals surface area contributed by atoms with Gasteiger partial charge in [-0.3, -0.25) is 0 Å². The smallest absolute Gasteiger partial charge is 0.130 e. The third-order valence-electron chi connectivity index (χ3n) is 3.52. The van der Waals surface area contributed by atoms with Crippen LogP contribution >= 0.6 is 0 Å². The van der Waals surface area contributed by atoms with E-state index in [1.807, 2.05) is 24.3 Å². The molecule has 1 fully saturated rings. The fourth-order valence-electron chi connectivity index (χ4n) is 2.20. The second-order valence-corrected chi connectivity index (χ2v) is 5.21. The number of Topliss-reactive ketones (excluding diaryl/α,β-unsaturated/α-hetero) is 1. The fourth-order valence-corrected chi connectivity index (χ4v) is 2.20. The van der Waals surface area contributed by atoms with Crippen molar-refractivity contribution in [2.24, 2.45) is 5.92 Å². The molecular formula is C16H22O3. The van der Waals surface area contributed by atoms with Gasteiger partial charge in [-0.25, -0.2) is 0 Å². The topological polar surface area (TPSA) is 35.5 Å². The molecule has 0 bridgehead atoms. The lowest BCUT2D eigenvalue weighted by atomic mass is 10.0. The van der Waals surface area contributed by atoms with Gasteiger partial charge in [0.1, 0.15) is 11.5 Å². The monoisotopic (exact) mass is 262 g/mol. The fraction of sp³-hybridized carbons (Fsp3) is 0.562. The second-order valence-electron chi connectivity index (χ2n) is 5.21. The van der Waals surface area contributed by atoms with E-state index in [9.17, 15) is 4.79 Å². The van der Waals surface area contributed by atoms with Gasteiger partial charge >= 0.3 is 0 Å². The maximum absolute atomic E-state index is 10.9. The number of hydrogen-bond donors (Lipinski definition) is 0. The lowest BCUT2D eigenvalue weighted by Crippen LogP contribution is -2.21. The van der Waals surface area contributed by atoms with E-state index in [4.69, 9.17) is 9.47 Å². The van der Waals surface area contributed by atoms with Crippen LogP contribution in [0.25, 0.3) is 0 Å². The van der Waals surface area contributed by atoms with Crippen molar-refractivity contribution in [1.82, 2.24) is 0 Å². The van der Waals surface area contributed by atoms with Crippen LogP contribution < -0.4 is 4.74 Å². The SMILES string of the molecule is CC(=O)CCc1ccc(OCC2CCOCC2)cc1. The summed E-state index contributed by atoms with van der Waals surface area (Å²) in [7, 11) is 0. The molecule has 104 valence electrons. The van der Waals surface area contributed by atoms with Gasteiger partial charge in [-0.1, -0.05) is 12.1 Å². The van der Waals surface area contributed by atoms with E-state index in [-0.39, 0.29) is 5.78 Å². The van der Waals surface area contributed by atoms with Crippen molar-refractivity contribution < 1.29 is 14.3 Å². The minimum Gasteiger partial charge on any atom is -0.493 e.